The molecule has 21 heavy (non-hydrogen) atoms. The predicted molar refractivity (Wildman–Crippen MR) is 78.6 cm³/mol. The van der Waals surface area contributed by atoms with Crippen LogP contribution in [0, 0.1) is 0 Å². The van der Waals surface area contributed by atoms with Crippen molar-refractivity contribution in [1.82, 2.24) is 4.98 Å². The summed E-state index contributed by atoms with van der Waals surface area (Å²) in [5.74, 6) is -0.606. The topological polar surface area (TPSA) is 77.5 Å². The van der Waals surface area contributed by atoms with Gasteiger partial charge in [-0.15, -0.1) is 11.3 Å². The van der Waals surface area contributed by atoms with E-state index < -0.39 is 11.9 Å². The molecule has 0 spiro atoms. The summed E-state index contributed by atoms with van der Waals surface area (Å²) in [6.07, 6.45) is 1.57. The first-order valence-electron chi connectivity index (χ1n) is 6.29. The Morgan fingerprint density at radius 3 is 2.86 bits per heavy atom. The lowest BCUT2D eigenvalue weighted by atomic mass is 10.2. The predicted octanol–water partition coefficient (Wildman–Crippen LogP) is 2.34. The van der Waals surface area contributed by atoms with Crippen LogP contribution in [0.4, 0.5) is 5.13 Å². The number of ether oxygens (including phenoxy) is 2. The number of amides is 1. The van der Waals surface area contributed by atoms with Crippen LogP contribution in [-0.4, -0.2) is 30.1 Å². The summed E-state index contributed by atoms with van der Waals surface area (Å²) < 4.78 is 10.3. The van der Waals surface area contributed by atoms with Crippen molar-refractivity contribution in [3.05, 3.63) is 41.4 Å². The average Bonchev–Trinajstić information content (AvgIpc) is 2.98. The van der Waals surface area contributed by atoms with Gasteiger partial charge in [-0.25, -0.2) is 9.78 Å². The minimum absolute atomic E-state index is 0.293. The number of anilines is 1. The summed E-state index contributed by atoms with van der Waals surface area (Å²) in [6, 6.07) is 6.73. The first-order valence-corrected chi connectivity index (χ1v) is 7.17. The molecule has 1 amide bonds. The molecule has 0 unspecified atom stereocenters. The summed E-state index contributed by atoms with van der Waals surface area (Å²) in [5, 5.41) is 4.73. The van der Waals surface area contributed by atoms with Crippen LogP contribution in [0.5, 0.6) is 5.75 Å². The van der Waals surface area contributed by atoms with Gasteiger partial charge in [0.05, 0.1) is 6.61 Å². The maximum atomic E-state index is 12.0. The smallest absolute Gasteiger partial charge is 0.342 e. The van der Waals surface area contributed by atoms with Crippen molar-refractivity contribution < 1.29 is 19.1 Å². The van der Waals surface area contributed by atoms with E-state index >= 15 is 0 Å². The Labute approximate surface area is 125 Å². The molecule has 1 aromatic carbocycles. The summed E-state index contributed by atoms with van der Waals surface area (Å²) in [6.45, 7) is 1.89. The van der Waals surface area contributed by atoms with E-state index in [1.807, 2.05) is 6.92 Å². The Hall–Kier alpha value is -2.41. The van der Waals surface area contributed by atoms with E-state index in [0.29, 0.717) is 23.1 Å². The Morgan fingerprint density at radius 2 is 2.14 bits per heavy atom. The van der Waals surface area contributed by atoms with Crippen molar-refractivity contribution in [3.8, 4) is 5.75 Å². The van der Waals surface area contributed by atoms with Gasteiger partial charge >= 0.3 is 5.97 Å². The number of carbonyl (C=O) groups excluding carboxylic acids is 2. The molecule has 0 atom stereocenters. The van der Waals surface area contributed by atoms with Crippen LogP contribution >= 0.6 is 11.3 Å². The third-order valence-corrected chi connectivity index (χ3v) is 3.11. The van der Waals surface area contributed by atoms with Crippen LogP contribution in [0.1, 0.15) is 17.3 Å². The molecule has 1 heterocycles. The molecule has 0 aliphatic heterocycles. The number of nitrogens with zero attached hydrogens (tertiary/aromatic N) is 1. The van der Waals surface area contributed by atoms with Gasteiger partial charge in [-0.05, 0) is 19.1 Å². The molecule has 0 radical (unpaired) electrons. The Kier molecular flexibility index (Phi) is 5.28. The number of hydrogen-bond acceptors (Lipinski definition) is 6. The summed E-state index contributed by atoms with van der Waals surface area (Å²) in [4.78, 5) is 27.5. The molecule has 110 valence electrons. The third-order valence-electron chi connectivity index (χ3n) is 2.42. The van der Waals surface area contributed by atoms with Crippen molar-refractivity contribution in [2.75, 3.05) is 18.5 Å². The van der Waals surface area contributed by atoms with E-state index in [2.05, 4.69) is 10.3 Å². The van der Waals surface area contributed by atoms with Gasteiger partial charge in [-0.2, -0.15) is 0 Å². The molecular weight excluding hydrogens is 292 g/mol. The zero-order valence-corrected chi connectivity index (χ0v) is 12.2. The average molecular weight is 306 g/mol. The van der Waals surface area contributed by atoms with E-state index in [4.69, 9.17) is 9.47 Å². The molecule has 1 N–H and O–H groups in total. The molecule has 1 aromatic heterocycles. The molecule has 0 aliphatic rings. The second-order valence-corrected chi connectivity index (χ2v) is 4.79. The number of thiazole rings is 1. The number of hydrogen-bond donors (Lipinski definition) is 1. The fraction of sp³-hybridized carbons (Fsp3) is 0.214. The molecule has 2 rings (SSSR count). The van der Waals surface area contributed by atoms with Crippen molar-refractivity contribution in [3.63, 3.8) is 0 Å². The van der Waals surface area contributed by atoms with Gasteiger partial charge in [0.2, 0.25) is 0 Å². The highest BCUT2D eigenvalue weighted by Gasteiger charge is 2.15. The molecule has 0 aliphatic carbocycles. The number of nitrogens with one attached hydrogen (secondary N) is 1. The fourth-order valence-electron chi connectivity index (χ4n) is 1.57. The van der Waals surface area contributed by atoms with Gasteiger partial charge in [-0.1, -0.05) is 12.1 Å². The summed E-state index contributed by atoms with van der Waals surface area (Å²) in [7, 11) is 0. The highest BCUT2D eigenvalue weighted by Crippen LogP contribution is 2.19. The quantitative estimate of drug-likeness (QED) is 0.829. The van der Waals surface area contributed by atoms with Gasteiger partial charge in [0.15, 0.2) is 11.7 Å². The molecular formula is C14H14N2O4S. The van der Waals surface area contributed by atoms with Gasteiger partial charge in [-0.3, -0.25) is 10.1 Å². The van der Waals surface area contributed by atoms with Gasteiger partial charge in [0, 0.05) is 11.6 Å². The molecule has 0 fully saturated rings. The van der Waals surface area contributed by atoms with Gasteiger partial charge in [0.1, 0.15) is 11.3 Å². The highest BCUT2D eigenvalue weighted by atomic mass is 32.1. The van der Waals surface area contributed by atoms with Crippen LogP contribution in [0.15, 0.2) is 35.8 Å². The largest absolute Gasteiger partial charge is 0.493 e. The molecule has 0 bridgehead atoms. The zero-order chi connectivity index (χ0) is 15.1. The molecule has 7 heteroatoms. The third kappa shape index (κ3) is 4.28. The molecule has 0 saturated heterocycles. The molecule has 6 nitrogen and oxygen atoms in total. The Balaban J connectivity index is 1.91. The SMILES string of the molecule is CCOc1ccccc1C(=O)OCC(=O)Nc1nccs1. The maximum absolute atomic E-state index is 12.0. The van der Waals surface area contributed by atoms with E-state index in [0.717, 1.165) is 0 Å². The molecule has 0 saturated carbocycles. The van der Waals surface area contributed by atoms with Crippen LogP contribution < -0.4 is 10.1 Å². The van der Waals surface area contributed by atoms with Crippen LogP contribution in [0.3, 0.4) is 0 Å². The van der Waals surface area contributed by atoms with E-state index in [9.17, 15) is 9.59 Å². The van der Waals surface area contributed by atoms with Crippen LogP contribution in [0.2, 0.25) is 0 Å². The maximum Gasteiger partial charge on any atom is 0.342 e. The highest BCUT2D eigenvalue weighted by molar-refractivity contribution is 7.13. The summed E-state index contributed by atoms with van der Waals surface area (Å²) in [5.41, 5.74) is 0.293. The second kappa shape index (κ2) is 7.39. The van der Waals surface area contributed by atoms with E-state index in [1.165, 1.54) is 11.3 Å². The Bertz CT molecular complexity index is 613. The standard InChI is InChI=1S/C14H14N2O4S/c1-2-19-11-6-4-3-5-10(11)13(18)20-9-12(17)16-14-15-7-8-21-14/h3-8H,2,9H2,1H3,(H,15,16,17). The molecule has 2 aromatic rings. The Morgan fingerprint density at radius 1 is 1.33 bits per heavy atom. The van der Waals surface area contributed by atoms with E-state index in [-0.39, 0.29) is 6.61 Å². The minimum atomic E-state index is -0.603. The second-order valence-electron chi connectivity index (χ2n) is 3.89. The van der Waals surface area contributed by atoms with Crippen molar-refractivity contribution in [2.45, 2.75) is 6.92 Å². The summed E-state index contributed by atoms with van der Waals surface area (Å²) >= 11 is 1.29. The fourth-order valence-corrected chi connectivity index (χ4v) is 2.11. The first kappa shape index (κ1) is 15.0. The van der Waals surface area contributed by atoms with Crippen molar-refractivity contribution >= 4 is 28.3 Å². The number of rotatable bonds is 6. The monoisotopic (exact) mass is 306 g/mol. The number of para-hydroxylation sites is 1. The number of carbonyl (C=O) groups is 2. The lowest BCUT2D eigenvalue weighted by Crippen LogP contribution is -2.21. The van der Waals surface area contributed by atoms with Crippen molar-refractivity contribution in [2.24, 2.45) is 0 Å². The van der Waals surface area contributed by atoms with Crippen LogP contribution in [-0.2, 0) is 9.53 Å². The van der Waals surface area contributed by atoms with Crippen molar-refractivity contribution in [1.29, 1.82) is 0 Å². The lowest BCUT2D eigenvalue weighted by molar-refractivity contribution is -0.119. The first-order chi connectivity index (χ1) is 10.2. The minimum Gasteiger partial charge on any atom is -0.493 e. The van der Waals surface area contributed by atoms with E-state index in [1.54, 1.807) is 35.8 Å². The number of esters is 1. The van der Waals surface area contributed by atoms with Crippen LogP contribution in [0.25, 0.3) is 0 Å². The van der Waals surface area contributed by atoms with Gasteiger partial charge < -0.3 is 9.47 Å². The lowest BCUT2D eigenvalue weighted by Gasteiger charge is -2.09. The zero-order valence-electron chi connectivity index (χ0n) is 11.4. The number of aromatic nitrogens is 1. The number of benzene rings is 1. The normalized spacial score (nSPS) is 9.95. The van der Waals surface area contributed by atoms with Gasteiger partial charge in [0.25, 0.3) is 5.91 Å².